The Kier molecular flexibility index (Phi) is 2.82. The molecule has 20 heavy (non-hydrogen) atoms. The van der Waals surface area contributed by atoms with E-state index in [0.717, 1.165) is 22.4 Å². The monoisotopic (exact) mass is 271 g/mol. The number of hydrogen-bond acceptors (Lipinski definition) is 3. The standard InChI is InChI=1S/C15H14FN3O/c1-19-13-8-10(16)4-5-12(13)18-15(19)9-3-6-14(20-2)11(17)7-9/h3-8H,17H2,1-2H3. The van der Waals surface area contributed by atoms with Gasteiger partial charge in [-0.1, -0.05) is 0 Å². The third-order valence-electron chi connectivity index (χ3n) is 3.33. The zero-order valence-electron chi connectivity index (χ0n) is 11.2. The number of hydrogen-bond donors (Lipinski definition) is 1. The van der Waals surface area contributed by atoms with Crippen molar-refractivity contribution in [3.05, 3.63) is 42.2 Å². The molecule has 0 aliphatic heterocycles. The van der Waals surface area contributed by atoms with Gasteiger partial charge in [0.2, 0.25) is 0 Å². The molecule has 0 unspecified atom stereocenters. The van der Waals surface area contributed by atoms with Crippen molar-refractivity contribution in [2.45, 2.75) is 0 Å². The van der Waals surface area contributed by atoms with E-state index in [2.05, 4.69) is 4.98 Å². The van der Waals surface area contributed by atoms with Crippen LogP contribution in [-0.2, 0) is 7.05 Å². The second-order valence-electron chi connectivity index (χ2n) is 4.58. The van der Waals surface area contributed by atoms with E-state index in [-0.39, 0.29) is 5.82 Å². The molecule has 2 aromatic carbocycles. The second-order valence-corrected chi connectivity index (χ2v) is 4.58. The van der Waals surface area contributed by atoms with Crippen molar-refractivity contribution in [3.63, 3.8) is 0 Å². The molecule has 5 heteroatoms. The van der Waals surface area contributed by atoms with E-state index in [1.54, 1.807) is 25.3 Å². The minimum absolute atomic E-state index is 0.277. The molecule has 2 N–H and O–H groups in total. The Labute approximate surface area is 115 Å². The first-order valence-corrected chi connectivity index (χ1v) is 6.16. The van der Waals surface area contributed by atoms with E-state index in [1.165, 1.54) is 12.1 Å². The summed E-state index contributed by atoms with van der Waals surface area (Å²) in [5, 5.41) is 0. The van der Waals surface area contributed by atoms with Crippen LogP contribution in [0.15, 0.2) is 36.4 Å². The Morgan fingerprint density at radius 2 is 2.00 bits per heavy atom. The van der Waals surface area contributed by atoms with Gasteiger partial charge in [0.15, 0.2) is 0 Å². The normalized spacial score (nSPS) is 10.9. The smallest absolute Gasteiger partial charge is 0.141 e. The highest BCUT2D eigenvalue weighted by atomic mass is 19.1. The van der Waals surface area contributed by atoms with Gasteiger partial charge in [-0.15, -0.1) is 0 Å². The lowest BCUT2D eigenvalue weighted by Crippen LogP contribution is -1.96. The molecule has 1 heterocycles. The van der Waals surface area contributed by atoms with Gasteiger partial charge in [-0.3, -0.25) is 0 Å². The Morgan fingerprint density at radius 3 is 2.70 bits per heavy atom. The topological polar surface area (TPSA) is 53.1 Å². The lowest BCUT2D eigenvalue weighted by atomic mass is 10.2. The Hall–Kier alpha value is -2.56. The Balaban J connectivity index is 2.19. The summed E-state index contributed by atoms with van der Waals surface area (Å²) in [4.78, 5) is 4.52. The fraction of sp³-hybridized carbons (Fsp3) is 0.133. The number of fused-ring (bicyclic) bond motifs is 1. The van der Waals surface area contributed by atoms with Crippen LogP contribution in [0.1, 0.15) is 0 Å². The molecule has 102 valence electrons. The molecule has 0 fully saturated rings. The van der Waals surface area contributed by atoms with Gasteiger partial charge in [0.1, 0.15) is 17.4 Å². The molecule has 0 spiro atoms. The summed E-state index contributed by atoms with van der Waals surface area (Å²) in [7, 11) is 3.42. The van der Waals surface area contributed by atoms with E-state index < -0.39 is 0 Å². The molecule has 0 aliphatic carbocycles. The zero-order valence-corrected chi connectivity index (χ0v) is 11.2. The van der Waals surface area contributed by atoms with Crippen molar-refractivity contribution in [1.82, 2.24) is 9.55 Å². The van der Waals surface area contributed by atoms with Crippen LogP contribution in [0, 0.1) is 5.82 Å². The fourth-order valence-electron chi connectivity index (χ4n) is 2.29. The van der Waals surface area contributed by atoms with Gasteiger partial charge in [-0.25, -0.2) is 9.37 Å². The highest BCUT2D eigenvalue weighted by molar-refractivity contribution is 5.81. The largest absolute Gasteiger partial charge is 0.495 e. The van der Waals surface area contributed by atoms with Crippen molar-refractivity contribution in [2.75, 3.05) is 12.8 Å². The number of nitrogens with two attached hydrogens (primary N) is 1. The predicted molar refractivity (Wildman–Crippen MR) is 77.1 cm³/mol. The van der Waals surface area contributed by atoms with Crippen LogP contribution in [-0.4, -0.2) is 16.7 Å². The van der Waals surface area contributed by atoms with E-state index in [9.17, 15) is 4.39 Å². The quantitative estimate of drug-likeness (QED) is 0.729. The average molecular weight is 271 g/mol. The number of nitrogens with zero attached hydrogens (tertiary/aromatic N) is 2. The van der Waals surface area contributed by atoms with Crippen LogP contribution in [0.25, 0.3) is 22.4 Å². The molecule has 0 bridgehead atoms. The van der Waals surface area contributed by atoms with Crippen LogP contribution >= 0.6 is 0 Å². The van der Waals surface area contributed by atoms with Gasteiger partial charge in [0, 0.05) is 12.6 Å². The molecule has 3 rings (SSSR count). The first-order valence-electron chi connectivity index (χ1n) is 6.16. The first-order chi connectivity index (χ1) is 9.60. The predicted octanol–water partition coefficient (Wildman–Crippen LogP) is 2.97. The number of anilines is 1. The van der Waals surface area contributed by atoms with E-state index in [4.69, 9.17) is 10.5 Å². The number of halogens is 1. The van der Waals surface area contributed by atoms with Crippen LogP contribution in [0.2, 0.25) is 0 Å². The molecule has 0 saturated carbocycles. The van der Waals surface area contributed by atoms with Crippen LogP contribution < -0.4 is 10.5 Å². The molecule has 0 radical (unpaired) electrons. The minimum Gasteiger partial charge on any atom is -0.495 e. The highest BCUT2D eigenvalue weighted by Gasteiger charge is 2.12. The molecule has 0 amide bonds. The lowest BCUT2D eigenvalue weighted by Gasteiger charge is -2.07. The summed E-state index contributed by atoms with van der Waals surface area (Å²) < 4.78 is 20.3. The van der Waals surface area contributed by atoms with Gasteiger partial charge in [0.25, 0.3) is 0 Å². The third-order valence-corrected chi connectivity index (χ3v) is 3.33. The minimum atomic E-state index is -0.277. The van der Waals surface area contributed by atoms with Crippen LogP contribution in [0.4, 0.5) is 10.1 Å². The fourth-order valence-corrected chi connectivity index (χ4v) is 2.29. The summed E-state index contributed by atoms with van der Waals surface area (Å²) in [6, 6.07) is 10.0. The zero-order chi connectivity index (χ0) is 14.3. The summed E-state index contributed by atoms with van der Waals surface area (Å²) in [6.45, 7) is 0. The molecule has 0 atom stereocenters. The molecule has 1 aromatic heterocycles. The second kappa shape index (κ2) is 4.52. The van der Waals surface area contributed by atoms with Crippen LogP contribution in [0.5, 0.6) is 5.75 Å². The number of nitrogen functional groups attached to an aromatic ring is 1. The van der Waals surface area contributed by atoms with Gasteiger partial charge in [-0.2, -0.15) is 0 Å². The average Bonchev–Trinajstić information content (AvgIpc) is 2.76. The number of benzene rings is 2. The highest BCUT2D eigenvalue weighted by Crippen LogP contribution is 2.29. The van der Waals surface area contributed by atoms with Crippen molar-refractivity contribution < 1.29 is 9.13 Å². The van der Waals surface area contributed by atoms with Crippen molar-refractivity contribution in [1.29, 1.82) is 0 Å². The number of methoxy groups -OCH3 is 1. The van der Waals surface area contributed by atoms with Crippen LogP contribution in [0.3, 0.4) is 0 Å². The number of imidazole rings is 1. The summed E-state index contributed by atoms with van der Waals surface area (Å²) in [5.41, 5.74) is 8.82. The molecule has 4 nitrogen and oxygen atoms in total. The maximum absolute atomic E-state index is 13.3. The van der Waals surface area contributed by atoms with E-state index in [1.807, 2.05) is 17.7 Å². The maximum atomic E-state index is 13.3. The SMILES string of the molecule is COc1ccc(-c2nc3ccc(F)cc3n2C)cc1N. The maximum Gasteiger partial charge on any atom is 0.141 e. The number of aromatic nitrogens is 2. The van der Waals surface area contributed by atoms with E-state index >= 15 is 0 Å². The molecule has 0 aliphatic rings. The third kappa shape index (κ3) is 1.87. The van der Waals surface area contributed by atoms with Crippen molar-refractivity contribution in [3.8, 4) is 17.1 Å². The molecular formula is C15H14FN3O. The first kappa shape index (κ1) is 12.5. The van der Waals surface area contributed by atoms with Crippen molar-refractivity contribution in [2.24, 2.45) is 7.05 Å². The summed E-state index contributed by atoms with van der Waals surface area (Å²) in [6.07, 6.45) is 0. The number of rotatable bonds is 2. The summed E-state index contributed by atoms with van der Waals surface area (Å²) in [5.74, 6) is 1.08. The van der Waals surface area contributed by atoms with E-state index in [0.29, 0.717) is 11.4 Å². The van der Waals surface area contributed by atoms with Gasteiger partial charge >= 0.3 is 0 Å². The summed E-state index contributed by atoms with van der Waals surface area (Å²) >= 11 is 0. The Morgan fingerprint density at radius 1 is 1.20 bits per heavy atom. The number of aryl methyl sites for hydroxylation is 1. The lowest BCUT2D eigenvalue weighted by molar-refractivity contribution is 0.417. The Bertz CT molecular complexity index is 795. The molecule has 0 saturated heterocycles. The molecule has 3 aromatic rings. The van der Waals surface area contributed by atoms with Gasteiger partial charge in [-0.05, 0) is 36.4 Å². The molecular weight excluding hydrogens is 257 g/mol. The van der Waals surface area contributed by atoms with Gasteiger partial charge < -0.3 is 15.0 Å². The number of ether oxygens (including phenoxy) is 1. The van der Waals surface area contributed by atoms with Crippen molar-refractivity contribution >= 4 is 16.7 Å². The van der Waals surface area contributed by atoms with Gasteiger partial charge in [0.05, 0.1) is 23.8 Å².